The zero-order valence-corrected chi connectivity index (χ0v) is 5.55. The molecule has 0 aliphatic heterocycles. The van der Waals surface area contributed by atoms with Crippen molar-refractivity contribution in [2.24, 2.45) is 5.73 Å². The highest BCUT2D eigenvalue weighted by Crippen LogP contribution is 1.63. The molecule has 8 heavy (non-hydrogen) atoms. The van der Waals surface area contributed by atoms with Crippen molar-refractivity contribution in [1.82, 2.24) is 4.72 Å². The van der Waals surface area contributed by atoms with Crippen LogP contribution in [0.5, 0.6) is 0 Å². The third kappa shape index (κ3) is 5.96. The molecule has 0 aliphatic rings. The van der Waals surface area contributed by atoms with Gasteiger partial charge in [0.2, 0.25) is 0 Å². The van der Waals surface area contributed by atoms with Crippen molar-refractivity contribution in [2.45, 2.75) is 0 Å². The fourth-order valence-corrected chi connectivity index (χ4v) is 0.567. The zero-order chi connectivity index (χ0) is 6.57. The average Bonchev–Trinajstić information content (AvgIpc) is 1.61. The van der Waals surface area contributed by atoms with Crippen molar-refractivity contribution in [3.8, 4) is 0 Å². The van der Waals surface area contributed by atoms with Gasteiger partial charge in [-0.15, -0.1) is 0 Å². The van der Waals surface area contributed by atoms with Gasteiger partial charge in [-0.1, -0.05) is 12.2 Å². The van der Waals surface area contributed by atoms with E-state index in [1.165, 1.54) is 0 Å². The van der Waals surface area contributed by atoms with Crippen molar-refractivity contribution in [2.75, 3.05) is 6.54 Å². The maximum absolute atomic E-state index is 9.68. The van der Waals surface area contributed by atoms with Gasteiger partial charge in [0.1, 0.15) is 0 Å². The number of nitrogens with one attached hydrogen (secondary N) is 1. The summed E-state index contributed by atoms with van der Waals surface area (Å²) >= 11 is 2.10. The van der Waals surface area contributed by atoms with E-state index < -0.39 is 11.3 Å². The first-order valence-electron chi connectivity index (χ1n) is 1.74. The van der Waals surface area contributed by atoms with Crippen LogP contribution in [0.25, 0.3) is 0 Å². The zero-order valence-electron chi connectivity index (χ0n) is 3.92. The predicted molar refractivity (Wildman–Crippen MR) is 33.7 cm³/mol. The van der Waals surface area contributed by atoms with Crippen LogP contribution in [0.1, 0.15) is 0 Å². The minimum atomic E-state index is -2.25. The maximum atomic E-state index is 9.68. The van der Waals surface area contributed by atoms with E-state index in [9.17, 15) is 8.76 Å². The highest BCUT2D eigenvalue weighted by atomic mass is 32.2. The van der Waals surface area contributed by atoms with Crippen molar-refractivity contribution >= 4 is 28.5 Å². The Morgan fingerprint density at radius 1 is 2.00 bits per heavy atom. The molecule has 48 valence electrons. The van der Waals surface area contributed by atoms with Gasteiger partial charge in [-0.3, -0.25) is 4.21 Å². The summed E-state index contributed by atoms with van der Waals surface area (Å²) in [7, 11) is 0. The molecule has 0 saturated heterocycles. The molecule has 3 N–H and O–H groups in total. The summed E-state index contributed by atoms with van der Waals surface area (Å²) in [6.07, 6.45) is 0. The van der Waals surface area contributed by atoms with Crippen LogP contribution in [0.2, 0.25) is 0 Å². The molecule has 0 aliphatic carbocycles. The SMILES string of the molecule is NC(=S)CNS(=O)[O-]. The van der Waals surface area contributed by atoms with Gasteiger partial charge >= 0.3 is 0 Å². The fraction of sp³-hybridized carbons (Fsp3) is 0.500. The first kappa shape index (κ1) is 7.96. The number of thiocarbonyl (C=S) groups is 1. The van der Waals surface area contributed by atoms with E-state index >= 15 is 0 Å². The first-order valence-corrected chi connectivity index (χ1v) is 3.22. The van der Waals surface area contributed by atoms with E-state index in [-0.39, 0.29) is 11.5 Å². The van der Waals surface area contributed by atoms with Crippen LogP contribution < -0.4 is 10.5 Å². The van der Waals surface area contributed by atoms with Gasteiger partial charge in [0, 0.05) is 11.3 Å². The smallest absolute Gasteiger partial charge is 0.0877 e. The summed E-state index contributed by atoms with van der Waals surface area (Å²) in [4.78, 5) is 0.134. The molecular weight excluding hydrogens is 148 g/mol. The third-order valence-electron chi connectivity index (χ3n) is 0.364. The third-order valence-corrected chi connectivity index (χ3v) is 0.889. The Hall–Kier alpha value is -0.0400. The van der Waals surface area contributed by atoms with E-state index in [0.29, 0.717) is 0 Å². The number of hydrogen-bond acceptors (Lipinski definition) is 3. The van der Waals surface area contributed by atoms with Crippen molar-refractivity contribution in [3.63, 3.8) is 0 Å². The summed E-state index contributed by atoms with van der Waals surface area (Å²) in [6.45, 7) is 0.0332. The van der Waals surface area contributed by atoms with Crippen LogP contribution >= 0.6 is 12.2 Å². The van der Waals surface area contributed by atoms with Crippen LogP contribution in [-0.4, -0.2) is 20.3 Å². The molecule has 1 unspecified atom stereocenters. The lowest BCUT2D eigenvalue weighted by molar-refractivity contribution is 0.527. The van der Waals surface area contributed by atoms with Crippen LogP contribution in [0, 0.1) is 0 Å². The monoisotopic (exact) mass is 153 g/mol. The molecule has 6 heteroatoms. The van der Waals surface area contributed by atoms with Gasteiger partial charge < -0.3 is 10.3 Å². The molecular formula is C2H5N2O2S2-. The van der Waals surface area contributed by atoms with E-state index in [4.69, 9.17) is 5.73 Å². The predicted octanol–water partition coefficient (Wildman–Crippen LogP) is -1.34. The summed E-state index contributed by atoms with van der Waals surface area (Å²) in [5.41, 5.74) is 4.94. The number of nitrogens with two attached hydrogens (primary N) is 1. The minimum absolute atomic E-state index is 0.0332. The molecule has 0 spiro atoms. The minimum Gasteiger partial charge on any atom is -0.760 e. The molecule has 0 aromatic heterocycles. The van der Waals surface area contributed by atoms with Crippen LogP contribution in [-0.2, 0) is 11.3 Å². The Bertz CT molecular complexity index is 101. The van der Waals surface area contributed by atoms with E-state index in [0.717, 1.165) is 0 Å². The molecule has 0 radical (unpaired) electrons. The highest BCUT2D eigenvalue weighted by molar-refractivity contribution is 7.80. The molecule has 0 fully saturated rings. The van der Waals surface area contributed by atoms with Crippen LogP contribution in [0.3, 0.4) is 0 Å². The molecule has 0 rings (SSSR count). The molecule has 0 saturated carbocycles. The van der Waals surface area contributed by atoms with Gasteiger partial charge in [0.15, 0.2) is 0 Å². The fourth-order valence-electron chi connectivity index (χ4n) is 0.130. The second-order valence-corrected chi connectivity index (χ2v) is 2.30. The Morgan fingerprint density at radius 3 is 2.62 bits per heavy atom. The molecule has 0 aromatic rings. The summed E-state index contributed by atoms with van der Waals surface area (Å²) in [5, 5.41) is 0. The quantitative estimate of drug-likeness (QED) is 0.388. The summed E-state index contributed by atoms with van der Waals surface area (Å²) < 4.78 is 21.4. The Balaban J connectivity index is 3.18. The van der Waals surface area contributed by atoms with Gasteiger partial charge in [0.25, 0.3) is 0 Å². The number of hydrogen-bond donors (Lipinski definition) is 2. The molecule has 0 aromatic carbocycles. The van der Waals surface area contributed by atoms with E-state index in [1.54, 1.807) is 0 Å². The Kier molecular flexibility index (Phi) is 3.88. The molecule has 0 heterocycles. The summed E-state index contributed by atoms with van der Waals surface area (Å²) in [6, 6.07) is 0. The average molecular weight is 153 g/mol. The maximum Gasteiger partial charge on any atom is 0.0877 e. The lowest BCUT2D eigenvalue weighted by Crippen LogP contribution is -2.28. The second kappa shape index (κ2) is 3.90. The highest BCUT2D eigenvalue weighted by Gasteiger charge is 1.84. The lowest BCUT2D eigenvalue weighted by atomic mass is 10.7. The van der Waals surface area contributed by atoms with Crippen molar-refractivity contribution in [1.29, 1.82) is 0 Å². The van der Waals surface area contributed by atoms with Gasteiger partial charge in [-0.05, 0) is 0 Å². The number of rotatable bonds is 3. The molecule has 0 amide bonds. The second-order valence-electron chi connectivity index (χ2n) is 1.02. The topological polar surface area (TPSA) is 78.2 Å². The Morgan fingerprint density at radius 2 is 2.50 bits per heavy atom. The summed E-state index contributed by atoms with van der Waals surface area (Å²) in [5.74, 6) is 0. The molecule has 1 atom stereocenters. The van der Waals surface area contributed by atoms with Crippen LogP contribution in [0.15, 0.2) is 0 Å². The standard InChI is InChI=1S/C2H6N2O2S2/c3-2(7)1-4-8(5)6/h4H,1H2,(H2,3,7)(H,5,6)/p-1. The Labute approximate surface area is 54.9 Å². The van der Waals surface area contributed by atoms with Crippen molar-refractivity contribution in [3.05, 3.63) is 0 Å². The normalized spacial score (nSPS) is 13.1. The van der Waals surface area contributed by atoms with Gasteiger partial charge in [-0.2, -0.15) is 0 Å². The first-order chi connectivity index (χ1) is 3.63. The van der Waals surface area contributed by atoms with Crippen molar-refractivity contribution < 1.29 is 8.76 Å². The molecule has 4 nitrogen and oxygen atoms in total. The van der Waals surface area contributed by atoms with E-state index in [1.807, 2.05) is 4.72 Å². The van der Waals surface area contributed by atoms with Gasteiger partial charge in [-0.25, -0.2) is 4.72 Å². The largest absolute Gasteiger partial charge is 0.760 e. The van der Waals surface area contributed by atoms with E-state index in [2.05, 4.69) is 12.2 Å². The lowest BCUT2D eigenvalue weighted by Gasteiger charge is -2.03. The molecule has 0 bridgehead atoms. The van der Waals surface area contributed by atoms with Crippen LogP contribution in [0.4, 0.5) is 0 Å². The van der Waals surface area contributed by atoms with Gasteiger partial charge in [0.05, 0.1) is 11.5 Å².